The summed E-state index contributed by atoms with van der Waals surface area (Å²) in [7, 11) is 1.81. The van der Waals surface area contributed by atoms with Crippen LogP contribution in [0.3, 0.4) is 0 Å². The predicted molar refractivity (Wildman–Crippen MR) is 106 cm³/mol. The van der Waals surface area contributed by atoms with E-state index < -0.39 is 0 Å². The minimum atomic E-state index is -0.118. The third-order valence-corrected chi connectivity index (χ3v) is 4.62. The van der Waals surface area contributed by atoms with Crippen LogP contribution in [-0.2, 0) is 11.5 Å². The van der Waals surface area contributed by atoms with Crippen LogP contribution in [0.5, 0.6) is 0 Å². The molecule has 0 aliphatic rings. The fourth-order valence-electron chi connectivity index (χ4n) is 2.50. The van der Waals surface area contributed by atoms with Gasteiger partial charge in [0.05, 0.1) is 23.3 Å². The van der Waals surface area contributed by atoms with Gasteiger partial charge in [-0.3, -0.25) is 14.1 Å². The van der Waals surface area contributed by atoms with Crippen molar-refractivity contribution in [2.75, 3.05) is 18.9 Å². The Morgan fingerprint density at radius 3 is 2.69 bits per heavy atom. The lowest BCUT2D eigenvalue weighted by molar-refractivity contribution is -0.117. The monoisotopic (exact) mass is 409 g/mol. The fraction of sp³-hybridized carbons (Fsp3) is 0.235. The first-order valence-electron chi connectivity index (χ1n) is 7.83. The molecule has 0 saturated heterocycles. The van der Waals surface area contributed by atoms with E-state index in [0.29, 0.717) is 27.1 Å². The lowest BCUT2D eigenvalue weighted by Gasteiger charge is -2.16. The molecule has 0 unspecified atom stereocenters. The summed E-state index contributed by atoms with van der Waals surface area (Å²) in [4.78, 5) is 14.0. The van der Waals surface area contributed by atoms with Gasteiger partial charge in [0, 0.05) is 11.9 Å². The zero-order valence-electron chi connectivity index (χ0n) is 14.2. The van der Waals surface area contributed by atoms with Crippen molar-refractivity contribution in [2.24, 2.45) is 0 Å². The summed E-state index contributed by atoms with van der Waals surface area (Å²) >= 11 is 17.6. The highest BCUT2D eigenvalue weighted by molar-refractivity contribution is 7.71. The number of hydrogen-bond acceptors (Lipinski definition) is 4. The fourth-order valence-corrected chi connectivity index (χ4v) is 3.25. The molecule has 0 bridgehead atoms. The first kappa shape index (κ1) is 18.8. The van der Waals surface area contributed by atoms with Crippen LogP contribution in [0.25, 0.3) is 5.65 Å². The Labute approximate surface area is 165 Å². The van der Waals surface area contributed by atoms with Crippen molar-refractivity contribution in [1.82, 2.24) is 19.1 Å². The van der Waals surface area contributed by atoms with Crippen molar-refractivity contribution in [2.45, 2.75) is 13.6 Å². The number of fused-ring (bicyclic) bond motifs is 1. The predicted octanol–water partition coefficient (Wildman–Crippen LogP) is 4.01. The Morgan fingerprint density at radius 1 is 1.31 bits per heavy atom. The average Bonchev–Trinajstić information content (AvgIpc) is 2.86. The highest BCUT2D eigenvalue weighted by atomic mass is 35.5. The molecule has 2 aromatic heterocycles. The SMILES string of the molecule is Cc1ccc(NC(=O)CN(C)Cn2nc3c(Cl)cc(Cl)cn3c2=S)cc1. The van der Waals surface area contributed by atoms with Crippen LogP contribution < -0.4 is 5.32 Å². The van der Waals surface area contributed by atoms with Gasteiger partial charge in [0.25, 0.3) is 0 Å². The van der Waals surface area contributed by atoms with E-state index in [9.17, 15) is 4.79 Å². The number of likely N-dealkylation sites (N-methyl/N-ethyl adjacent to an activating group) is 1. The first-order chi connectivity index (χ1) is 12.3. The van der Waals surface area contributed by atoms with Gasteiger partial charge in [0.15, 0.2) is 5.65 Å². The second kappa shape index (κ2) is 7.75. The number of amides is 1. The van der Waals surface area contributed by atoms with Crippen molar-refractivity contribution in [3.63, 3.8) is 0 Å². The number of nitrogens with zero attached hydrogens (tertiary/aromatic N) is 4. The maximum Gasteiger partial charge on any atom is 0.238 e. The number of pyridine rings is 1. The van der Waals surface area contributed by atoms with E-state index in [0.717, 1.165) is 11.3 Å². The van der Waals surface area contributed by atoms with Gasteiger partial charge in [-0.1, -0.05) is 40.9 Å². The zero-order chi connectivity index (χ0) is 18.8. The van der Waals surface area contributed by atoms with Crippen LogP contribution in [0.1, 0.15) is 5.56 Å². The van der Waals surface area contributed by atoms with Crippen LogP contribution in [0.15, 0.2) is 36.5 Å². The Hall–Kier alpha value is -1.93. The van der Waals surface area contributed by atoms with Crippen molar-refractivity contribution >= 4 is 52.7 Å². The highest BCUT2D eigenvalue weighted by Gasteiger charge is 2.12. The van der Waals surface area contributed by atoms with Gasteiger partial charge in [-0.15, -0.1) is 5.10 Å². The summed E-state index contributed by atoms with van der Waals surface area (Å²) in [6.07, 6.45) is 1.67. The number of carbonyl (C=O) groups is 1. The van der Waals surface area contributed by atoms with E-state index in [2.05, 4.69) is 10.4 Å². The number of rotatable bonds is 5. The van der Waals surface area contributed by atoms with Crippen molar-refractivity contribution in [3.8, 4) is 0 Å². The summed E-state index contributed by atoms with van der Waals surface area (Å²) < 4.78 is 3.71. The molecule has 0 aliphatic heterocycles. The topological polar surface area (TPSA) is 54.6 Å². The van der Waals surface area contributed by atoms with Crippen LogP contribution in [0, 0.1) is 11.7 Å². The van der Waals surface area contributed by atoms with E-state index in [-0.39, 0.29) is 12.5 Å². The number of carbonyl (C=O) groups excluding carboxylic acids is 1. The second-order valence-corrected chi connectivity index (χ2v) is 7.26. The van der Waals surface area contributed by atoms with Gasteiger partial charge in [-0.05, 0) is 44.4 Å². The molecule has 1 amide bonds. The van der Waals surface area contributed by atoms with E-state index in [1.807, 2.05) is 38.2 Å². The smallest absolute Gasteiger partial charge is 0.238 e. The number of nitrogens with one attached hydrogen (secondary N) is 1. The molecule has 0 fully saturated rings. The summed E-state index contributed by atoms with van der Waals surface area (Å²) in [5, 5.41) is 8.16. The number of benzene rings is 1. The number of halogens is 2. The summed E-state index contributed by atoms with van der Waals surface area (Å²) in [5.41, 5.74) is 2.43. The maximum atomic E-state index is 12.2. The molecule has 26 heavy (non-hydrogen) atoms. The molecular weight excluding hydrogens is 393 g/mol. The van der Waals surface area contributed by atoms with Crippen LogP contribution in [0.4, 0.5) is 5.69 Å². The number of aromatic nitrogens is 3. The van der Waals surface area contributed by atoms with Crippen molar-refractivity contribution in [1.29, 1.82) is 0 Å². The number of anilines is 1. The van der Waals surface area contributed by atoms with E-state index in [4.69, 9.17) is 35.4 Å². The minimum Gasteiger partial charge on any atom is -0.325 e. The van der Waals surface area contributed by atoms with Gasteiger partial charge in [-0.2, -0.15) is 0 Å². The standard InChI is InChI=1S/C17H17Cl2N5OS/c1-11-3-5-13(6-4-11)20-15(25)9-22(2)10-24-17(26)23-8-12(18)7-14(19)16(23)21-24/h3-8H,9-10H2,1-2H3,(H,20,25). The molecule has 1 aromatic carbocycles. The summed E-state index contributed by atoms with van der Waals surface area (Å²) in [6, 6.07) is 9.26. The van der Waals surface area contributed by atoms with E-state index in [1.54, 1.807) is 26.2 Å². The van der Waals surface area contributed by atoms with Gasteiger partial charge in [0.1, 0.15) is 0 Å². The zero-order valence-corrected chi connectivity index (χ0v) is 16.6. The maximum absolute atomic E-state index is 12.2. The molecule has 0 radical (unpaired) electrons. The molecular formula is C17H17Cl2N5OS. The van der Waals surface area contributed by atoms with Gasteiger partial charge in [0.2, 0.25) is 10.7 Å². The molecule has 3 aromatic rings. The highest BCUT2D eigenvalue weighted by Crippen LogP contribution is 2.21. The first-order valence-corrected chi connectivity index (χ1v) is 8.99. The number of hydrogen-bond donors (Lipinski definition) is 1. The lowest BCUT2D eigenvalue weighted by atomic mass is 10.2. The molecule has 3 rings (SSSR count). The quantitative estimate of drug-likeness (QED) is 0.646. The largest absolute Gasteiger partial charge is 0.325 e. The summed E-state index contributed by atoms with van der Waals surface area (Å²) in [5.74, 6) is -0.118. The van der Waals surface area contributed by atoms with Gasteiger partial charge >= 0.3 is 0 Å². The molecule has 0 aliphatic carbocycles. The van der Waals surface area contributed by atoms with Crippen LogP contribution in [0.2, 0.25) is 10.0 Å². The third kappa shape index (κ3) is 4.24. The Balaban J connectivity index is 1.69. The van der Waals surface area contributed by atoms with E-state index in [1.165, 1.54) is 0 Å². The van der Waals surface area contributed by atoms with Gasteiger partial charge < -0.3 is 5.32 Å². The molecule has 136 valence electrons. The molecule has 0 atom stereocenters. The minimum absolute atomic E-state index is 0.118. The Kier molecular flexibility index (Phi) is 5.62. The average molecular weight is 410 g/mol. The molecule has 2 heterocycles. The molecule has 1 N–H and O–H groups in total. The Morgan fingerprint density at radius 2 is 2.00 bits per heavy atom. The van der Waals surface area contributed by atoms with Crippen molar-refractivity contribution in [3.05, 3.63) is 56.9 Å². The number of aryl methyl sites for hydroxylation is 1. The molecule has 6 nitrogen and oxygen atoms in total. The normalized spacial score (nSPS) is 11.3. The second-order valence-electron chi connectivity index (χ2n) is 6.05. The van der Waals surface area contributed by atoms with Crippen molar-refractivity contribution < 1.29 is 4.79 Å². The van der Waals surface area contributed by atoms with E-state index >= 15 is 0 Å². The van der Waals surface area contributed by atoms with Gasteiger partial charge in [-0.25, -0.2) is 4.68 Å². The summed E-state index contributed by atoms with van der Waals surface area (Å²) in [6.45, 7) is 2.53. The molecule has 0 saturated carbocycles. The van der Waals surface area contributed by atoms with Crippen LogP contribution >= 0.6 is 35.4 Å². The molecule has 0 spiro atoms. The lowest BCUT2D eigenvalue weighted by Crippen LogP contribution is -2.32. The van der Waals surface area contributed by atoms with Crippen LogP contribution in [-0.4, -0.2) is 38.6 Å². The third-order valence-electron chi connectivity index (χ3n) is 3.73. The molecule has 9 heteroatoms. The Bertz CT molecular complexity index is 1010.